The minimum Gasteiger partial charge on any atom is -0.446 e. The third kappa shape index (κ3) is 4.02. The summed E-state index contributed by atoms with van der Waals surface area (Å²) < 4.78 is 10.3. The second-order valence-electron chi connectivity index (χ2n) is 3.69. The molecule has 0 unspecified atom stereocenters. The van der Waals surface area contributed by atoms with Crippen LogP contribution in [0.2, 0.25) is 0 Å². The van der Waals surface area contributed by atoms with Crippen LogP contribution < -0.4 is 5.32 Å². The Kier molecular flexibility index (Phi) is 4.98. The molecule has 0 aliphatic carbocycles. The number of carbonyl (C=O) groups is 2. The standard InChI is InChI=1S/C11H17NO4/c1-3-10(13)8(2)12-11(14)16-9-4-6-15-7-5-9/h3,8-9H,1,4-7H2,2H3,(H,12,14)/t8-/m0/s1. The second-order valence-corrected chi connectivity index (χ2v) is 3.69. The Morgan fingerprint density at radius 3 is 2.69 bits per heavy atom. The number of ketones is 1. The highest BCUT2D eigenvalue weighted by Crippen LogP contribution is 2.10. The van der Waals surface area contributed by atoms with Gasteiger partial charge in [-0.15, -0.1) is 0 Å². The number of alkyl carbamates (subject to hydrolysis) is 1. The summed E-state index contributed by atoms with van der Waals surface area (Å²) in [4.78, 5) is 22.5. The average Bonchev–Trinajstić information content (AvgIpc) is 2.29. The minimum absolute atomic E-state index is 0.111. The predicted octanol–water partition coefficient (Wildman–Crippen LogP) is 1.04. The summed E-state index contributed by atoms with van der Waals surface area (Å²) >= 11 is 0. The SMILES string of the molecule is C=CC(=O)[C@H](C)NC(=O)OC1CCOCC1. The van der Waals surface area contributed by atoms with Gasteiger partial charge in [0.15, 0.2) is 5.78 Å². The van der Waals surface area contributed by atoms with E-state index in [1.807, 2.05) is 0 Å². The largest absolute Gasteiger partial charge is 0.446 e. The minimum atomic E-state index is -0.593. The van der Waals surface area contributed by atoms with Gasteiger partial charge in [0, 0.05) is 12.8 Å². The van der Waals surface area contributed by atoms with Gasteiger partial charge in [0.1, 0.15) is 6.10 Å². The molecule has 5 nitrogen and oxygen atoms in total. The van der Waals surface area contributed by atoms with Gasteiger partial charge >= 0.3 is 6.09 Å². The quantitative estimate of drug-likeness (QED) is 0.729. The molecule has 1 rings (SSSR count). The van der Waals surface area contributed by atoms with Crippen LogP contribution in [0.25, 0.3) is 0 Å². The number of rotatable bonds is 4. The molecule has 5 heteroatoms. The van der Waals surface area contributed by atoms with E-state index in [4.69, 9.17) is 9.47 Å². The van der Waals surface area contributed by atoms with Crippen molar-refractivity contribution in [3.8, 4) is 0 Å². The van der Waals surface area contributed by atoms with E-state index in [0.29, 0.717) is 26.1 Å². The molecule has 0 spiro atoms. The van der Waals surface area contributed by atoms with Crippen molar-refractivity contribution in [2.45, 2.75) is 31.9 Å². The number of carbonyl (C=O) groups excluding carboxylic acids is 2. The fourth-order valence-corrected chi connectivity index (χ4v) is 1.40. The van der Waals surface area contributed by atoms with Crippen LogP contribution in [0.1, 0.15) is 19.8 Å². The van der Waals surface area contributed by atoms with E-state index in [2.05, 4.69) is 11.9 Å². The molecule has 1 atom stereocenters. The topological polar surface area (TPSA) is 64.6 Å². The van der Waals surface area contributed by atoms with Crippen LogP contribution in [0.15, 0.2) is 12.7 Å². The maximum atomic E-state index is 11.4. The summed E-state index contributed by atoms with van der Waals surface area (Å²) in [5.74, 6) is -0.232. The number of hydrogen-bond acceptors (Lipinski definition) is 4. The zero-order valence-corrected chi connectivity index (χ0v) is 9.40. The molecule has 0 saturated carbocycles. The molecule has 1 saturated heterocycles. The smallest absolute Gasteiger partial charge is 0.407 e. The first-order valence-electron chi connectivity index (χ1n) is 5.34. The lowest BCUT2D eigenvalue weighted by molar-refractivity contribution is -0.116. The van der Waals surface area contributed by atoms with Gasteiger partial charge in [-0.05, 0) is 13.0 Å². The fraction of sp³-hybridized carbons (Fsp3) is 0.636. The van der Waals surface area contributed by atoms with E-state index < -0.39 is 12.1 Å². The second kappa shape index (κ2) is 6.27. The van der Waals surface area contributed by atoms with Crippen molar-refractivity contribution in [1.29, 1.82) is 0 Å². The van der Waals surface area contributed by atoms with Gasteiger partial charge in [-0.25, -0.2) is 4.79 Å². The molecule has 0 aromatic carbocycles. The Bertz CT molecular complexity index is 271. The van der Waals surface area contributed by atoms with Crippen molar-refractivity contribution in [3.05, 3.63) is 12.7 Å². The van der Waals surface area contributed by atoms with E-state index in [9.17, 15) is 9.59 Å². The number of nitrogens with one attached hydrogen (secondary N) is 1. The van der Waals surface area contributed by atoms with E-state index >= 15 is 0 Å². The van der Waals surface area contributed by atoms with E-state index in [-0.39, 0.29) is 11.9 Å². The van der Waals surface area contributed by atoms with Crippen molar-refractivity contribution < 1.29 is 19.1 Å². The molecule has 0 aromatic heterocycles. The number of hydrogen-bond donors (Lipinski definition) is 1. The van der Waals surface area contributed by atoms with Gasteiger partial charge in [-0.2, -0.15) is 0 Å². The molecule has 90 valence electrons. The van der Waals surface area contributed by atoms with Crippen LogP contribution in [0.5, 0.6) is 0 Å². The molecular formula is C11H17NO4. The van der Waals surface area contributed by atoms with Crippen LogP contribution in [-0.2, 0) is 14.3 Å². The molecule has 1 N–H and O–H groups in total. The van der Waals surface area contributed by atoms with E-state index in [1.54, 1.807) is 6.92 Å². The molecule has 0 radical (unpaired) electrons. The highest BCUT2D eigenvalue weighted by molar-refractivity contribution is 5.95. The predicted molar refractivity (Wildman–Crippen MR) is 58.1 cm³/mol. The molecular weight excluding hydrogens is 210 g/mol. The van der Waals surface area contributed by atoms with Crippen LogP contribution in [0.4, 0.5) is 4.79 Å². The van der Waals surface area contributed by atoms with Crippen LogP contribution in [-0.4, -0.2) is 37.2 Å². The Morgan fingerprint density at radius 2 is 2.12 bits per heavy atom. The zero-order chi connectivity index (χ0) is 12.0. The summed E-state index contributed by atoms with van der Waals surface area (Å²) in [6.45, 7) is 6.16. The number of amides is 1. The van der Waals surface area contributed by atoms with Crippen molar-refractivity contribution in [2.24, 2.45) is 0 Å². The third-order valence-electron chi connectivity index (χ3n) is 2.40. The van der Waals surface area contributed by atoms with Gasteiger partial charge < -0.3 is 14.8 Å². The first-order valence-corrected chi connectivity index (χ1v) is 5.34. The highest BCUT2D eigenvalue weighted by atomic mass is 16.6. The first-order chi connectivity index (χ1) is 7.63. The average molecular weight is 227 g/mol. The lowest BCUT2D eigenvalue weighted by Crippen LogP contribution is -2.40. The molecule has 1 aliphatic heterocycles. The summed E-state index contributed by atoms with van der Waals surface area (Å²) in [6.07, 6.45) is 1.92. The van der Waals surface area contributed by atoms with E-state index in [1.165, 1.54) is 6.08 Å². The first kappa shape index (κ1) is 12.7. The lowest BCUT2D eigenvalue weighted by atomic mass is 10.2. The number of ether oxygens (including phenoxy) is 2. The lowest BCUT2D eigenvalue weighted by Gasteiger charge is -2.23. The van der Waals surface area contributed by atoms with Crippen LogP contribution >= 0.6 is 0 Å². The van der Waals surface area contributed by atoms with Gasteiger partial charge in [-0.3, -0.25) is 4.79 Å². The maximum absolute atomic E-state index is 11.4. The van der Waals surface area contributed by atoms with Gasteiger partial charge in [0.2, 0.25) is 0 Å². The zero-order valence-electron chi connectivity index (χ0n) is 9.40. The fourth-order valence-electron chi connectivity index (χ4n) is 1.40. The molecule has 0 bridgehead atoms. The molecule has 1 amide bonds. The van der Waals surface area contributed by atoms with Crippen molar-refractivity contribution in [2.75, 3.05) is 13.2 Å². The Morgan fingerprint density at radius 1 is 1.50 bits per heavy atom. The Hall–Kier alpha value is -1.36. The molecule has 16 heavy (non-hydrogen) atoms. The van der Waals surface area contributed by atoms with Gasteiger partial charge in [0.25, 0.3) is 0 Å². The van der Waals surface area contributed by atoms with Crippen molar-refractivity contribution in [3.63, 3.8) is 0 Å². The van der Waals surface area contributed by atoms with Gasteiger partial charge in [-0.1, -0.05) is 6.58 Å². The molecule has 1 fully saturated rings. The monoisotopic (exact) mass is 227 g/mol. The normalized spacial score (nSPS) is 18.6. The van der Waals surface area contributed by atoms with Crippen LogP contribution in [0, 0.1) is 0 Å². The highest BCUT2D eigenvalue weighted by Gasteiger charge is 2.20. The van der Waals surface area contributed by atoms with Crippen molar-refractivity contribution >= 4 is 11.9 Å². The third-order valence-corrected chi connectivity index (χ3v) is 2.40. The Labute approximate surface area is 94.8 Å². The molecule has 1 aliphatic rings. The van der Waals surface area contributed by atoms with Crippen LogP contribution in [0.3, 0.4) is 0 Å². The maximum Gasteiger partial charge on any atom is 0.407 e. The molecule has 0 aromatic rings. The van der Waals surface area contributed by atoms with Crippen molar-refractivity contribution in [1.82, 2.24) is 5.32 Å². The molecule has 1 heterocycles. The summed E-state index contributed by atoms with van der Waals surface area (Å²) in [5.41, 5.74) is 0. The summed E-state index contributed by atoms with van der Waals surface area (Å²) in [5, 5.41) is 2.46. The van der Waals surface area contributed by atoms with Gasteiger partial charge in [0.05, 0.1) is 19.3 Å². The Balaban J connectivity index is 2.29. The summed E-state index contributed by atoms with van der Waals surface area (Å²) in [7, 11) is 0. The van der Waals surface area contributed by atoms with E-state index in [0.717, 1.165) is 0 Å². The summed E-state index contributed by atoms with van der Waals surface area (Å²) in [6, 6.07) is -0.593.